The van der Waals surface area contributed by atoms with Gasteiger partial charge in [-0.3, -0.25) is 9.59 Å². The number of aromatic nitrogens is 1. The second kappa shape index (κ2) is 10.0. The van der Waals surface area contributed by atoms with Crippen LogP contribution in [0.15, 0.2) is 57.9 Å². The molecule has 1 atom stereocenters. The lowest BCUT2D eigenvalue weighted by molar-refractivity contribution is -0.115. The molecule has 31 heavy (non-hydrogen) atoms. The Morgan fingerprint density at radius 2 is 1.71 bits per heavy atom. The normalized spacial score (nSPS) is 11.5. The first kappa shape index (κ1) is 22.2. The van der Waals surface area contributed by atoms with Crippen molar-refractivity contribution >= 4 is 35.1 Å². The lowest BCUT2D eigenvalue weighted by Gasteiger charge is -2.12. The van der Waals surface area contributed by atoms with Crippen molar-refractivity contribution in [1.29, 1.82) is 0 Å². The van der Waals surface area contributed by atoms with Gasteiger partial charge in [-0.2, -0.15) is 0 Å². The first-order chi connectivity index (χ1) is 14.9. The maximum Gasteiger partial charge on any atom is 0.255 e. The standard InChI is InChI=1S/C22H23N3O5S/c1-13-11-20(25-30-13)24-21(26)14(2)31-17-8-6-16(7-9-17)23-22(27)15-5-10-18(28-3)19(12-15)29-4/h5-12,14H,1-4H3,(H,23,27)(H,24,25,26). The molecule has 1 unspecified atom stereocenters. The molecule has 2 amide bonds. The number of amides is 2. The summed E-state index contributed by atoms with van der Waals surface area (Å²) in [6.07, 6.45) is 0. The number of benzene rings is 2. The van der Waals surface area contributed by atoms with Crippen molar-refractivity contribution in [3.05, 3.63) is 59.9 Å². The molecular weight excluding hydrogens is 418 g/mol. The van der Waals surface area contributed by atoms with Crippen LogP contribution >= 0.6 is 11.8 Å². The summed E-state index contributed by atoms with van der Waals surface area (Å²) in [6.45, 7) is 3.56. The fraction of sp³-hybridized carbons (Fsp3) is 0.227. The molecule has 0 saturated carbocycles. The average molecular weight is 442 g/mol. The fourth-order valence-corrected chi connectivity index (χ4v) is 3.58. The Balaban J connectivity index is 1.58. The number of hydrogen-bond donors (Lipinski definition) is 2. The van der Waals surface area contributed by atoms with Crippen LogP contribution in [0.3, 0.4) is 0 Å². The molecule has 9 heteroatoms. The molecule has 2 N–H and O–H groups in total. The van der Waals surface area contributed by atoms with Gasteiger partial charge in [0, 0.05) is 22.2 Å². The SMILES string of the molecule is COc1ccc(C(=O)Nc2ccc(SC(C)C(=O)Nc3cc(C)on3)cc2)cc1OC. The highest BCUT2D eigenvalue weighted by Crippen LogP contribution is 2.29. The number of carbonyl (C=O) groups is 2. The molecule has 0 aliphatic carbocycles. The van der Waals surface area contributed by atoms with Crippen LogP contribution in [0.1, 0.15) is 23.0 Å². The van der Waals surface area contributed by atoms with Gasteiger partial charge in [0.05, 0.1) is 19.5 Å². The Bertz CT molecular complexity index is 1070. The van der Waals surface area contributed by atoms with Gasteiger partial charge in [-0.05, 0) is 56.3 Å². The summed E-state index contributed by atoms with van der Waals surface area (Å²) in [5.74, 6) is 1.61. The van der Waals surface area contributed by atoms with Crippen molar-refractivity contribution in [2.75, 3.05) is 24.9 Å². The summed E-state index contributed by atoms with van der Waals surface area (Å²) >= 11 is 1.40. The molecule has 0 fully saturated rings. The molecule has 0 bridgehead atoms. The summed E-state index contributed by atoms with van der Waals surface area (Å²) in [4.78, 5) is 25.7. The minimum absolute atomic E-state index is 0.177. The number of nitrogens with zero attached hydrogens (tertiary/aromatic N) is 1. The summed E-state index contributed by atoms with van der Waals surface area (Å²) in [5.41, 5.74) is 1.09. The van der Waals surface area contributed by atoms with E-state index in [0.717, 1.165) is 4.90 Å². The maximum absolute atomic E-state index is 12.5. The quantitative estimate of drug-likeness (QED) is 0.500. The van der Waals surface area contributed by atoms with Crippen LogP contribution in [0.5, 0.6) is 11.5 Å². The van der Waals surface area contributed by atoms with E-state index < -0.39 is 0 Å². The van der Waals surface area contributed by atoms with Crippen molar-refractivity contribution in [3.8, 4) is 11.5 Å². The second-order valence-electron chi connectivity index (χ2n) is 6.62. The Kier molecular flexibility index (Phi) is 7.19. The Hall–Kier alpha value is -3.46. The third-order valence-corrected chi connectivity index (χ3v) is 5.43. The largest absolute Gasteiger partial charge is 0.493 e. The predicted molar refractivity (Wildman–Crippen MR) is 119 cm³/mol. The van der Waals surface area contributed by atoms with Crippen LogP contribution < -0.4 is 20.1 Å². The van der Waals surface area contributed by atoms with Crippen LogP contribution in [0.4, 0.5) is 11.5 Å². The zero-order chi connectivity index (χ0) is 22.4. The van der Waals surface area contributed by atoms with E-state index >= 15 is 0 Å². The molecule has 0 radical (unpaired) electrons. The average Bonchev–Trinajstić information content (AvgIpc) is 3.18. The number of anilines is 2. The van der Waals surface area contributed by atoms with Crippen molar-refractivity contribution < 1.29 is 23.6 Å². The number of thioether (sulfide) groups is 1. The predicted octanol–water partition coefficient (Wildman–Crippen LogP) is 4.37. The molecule has 0 aliphatic heterocycles. The van der Waals surface area contributed by atoms with E-state index in [1.54, 1.807) is 50.2 Å². The molecule has 2 aromatic carbocycles. The molecular formula is C22H23N3O5S. The van der Waals surface area contributed by atoms with Gasteiger partial charge in [0.1, 0.15) is 5.76 Å². The zero-order valence-electron chi connectivity index (χ0n) is 17.6. The molecule has 0 spiro atoms. The molecule has 8 nitrogen and oxygen atoms in total. The first-order valence-electron chi connectivity index (χ1n) is 9.44. The lowest BCUT2D eigenvalue weighted by atomic mass is 10.2. The van der Waals surface area contributed by atoms with E-state index in [4.69, 9.17) is 14.0 Å². The topological polar surface area (TPSA) is 103 Å². The number of aryl methyl sites for hydroxylation is 1. The monoisotopic (exact) mass is 441 g/mol. The minimum Gasteiger partial charge on any atom is -0.493 e. The number of carbonyl (C=O) groups excluding carboxylic acids is 2. The fourth-order valence-electron chi connectivity index (χ4n) is 2.71. The molecule has 1 aromatic heterocycles. The summed E-state index contributed by atoms with van der Waals surface area (Å²) in [6, 6.07) is 13.9. The van der Waals surface area contributed by atoms with Crippen molar-refractivity contribution in [2.45, 2.75) is 24.0 Å². The van der Waals surface area contributed by atoms with E-state index in [-0.39, 0.29) is 17.1 Å². The molecule has 3 rings (SSSR count). The Labute approximate surface area is 184 Å². The van der Waals surface area contributed by atoms with Gasteiger partial charge in [0.25, 0.3) is 5.91 Å². The van der Waals surface area contributed by atoms with Crippen molar-refractivity contribution in [1.82, 2.24) is 5.16 Å². The van der Waals surface area contributed by atoms with Gasteiger partial charge in [-0.25, -0.2) is 0 Å². The van der Waals surface area contributed by atoms with Gasteiger partial charge in [0.2, 0.25) is 5.91 Å². The van der Waals surface area contributed by atoms with Crippen LogP contribution in [-0.4, -0.2) is 36.4 Å². The molecule has 162 valence electrons. The van der Waals surface area contributed by atoms with E-state index in [2.05, 4.69) is 15.8 Å². The number of ether oxygens (including phenoxy) is 2. The van der Waals surface area contributed by atoms with Gasteiger partial charge in [-0.1, -0.05) is 5.16 Å². The maximum atomic E-state index is 12.5. The lowest BCUT2D eigenvalue weighted by Crippen LogP contribution is -2.22. The van der Waals surface area contributed by atoms with Crippen LogP contribution in [0.25, 0.3) is 0 Å². The number of rotatable bonds is 8. The molecule has 1 heterocycles. The van der Waals surface area contributed by atoms with Gasteiger partial charge < -0.3 is 24.6 Å². The zero-order valence-corrected chi connectivity index (χ0v) is 18.4. The molecule has 3 aromatic rings. The van der Waals surface area contributed by atoms with E-state index in [1.165, 1.54) is 26.0 Å². The van der Waals surface area contributed by atoms with Crippen molar-refractivity contribution in [3.63, 3.8) is 0 Å². The Morgan fingerprint density at radius 1 is 1.00 bits per heavy atom. The third-order valence-electron chi connectivity index (χ3n) is 4.32. The minimum atomic E-state index is -0.343. The van der Waals surface area contributed by atoms with E-state index in [9.17, 15) is 9.59 Å². The van der Waals surface area contributed by atoms with Gasteiger partial charge in [-0.15, -0.1) is 11.8 Å². The first-order valence-corrected chi connectivity index (χ1v) is 10.3. The highest BCUT2D eigenvalue weighted by molar-refractivity contribution is 8.00. The third kappa shape index (κ3) is 5.79. The van der Waals surface area contributed by atoms with Crippen LogP contribution in [0.2, 0.25) is 0 Å². The molecule has 0 saturated heterocycles. The summed E-state index contributed by atoms with van der Waals surface area (Å²) in [5, 5.41) is 8.97. The highest BCUT2D eigenvalue weighted by atomic mass is 32.2. The number of nitrogens with one attached hydrogen (secondary N) is 2. The summed E-state index contributed by atoms with van der Waals surface area (Å²) < 4.78 is 15.4. The van der Waals surface area contributed by atoms with Crippen LogP contribution in [-0.2, 0) is 4.79 Å². The Morgan fingerprint density at radius 3 is 2.32 bits per heavy atom. The summed E-state index contributed by atoms with van der Waals surface area (Å²) in [7, 11) is 3.06. The second-order valence-corrected chi connectivity index (χ2v) is 8.03. The highest BCUT2D eigenvalue weighted by Gasteiger charge is 2.16. The smallest absolute Gasteiger partial charge is 0.255 e. The van der Waals surface area contributed by atoms with Crippen LogP contribution in [0, 0.1) is 6.92 Å². The number of hydrogen-bond acceptors (Lipinski definition) is 7. The van der Waals surface area contributed by atoms with E-state index in [1.807, 2.05) is 12.1 Å². The van der Waals surface area contributed by atoms with Gasteiger partial charge >= 0.3 is 0 Å². The van der Waals surface area contributed by atoms with E-state index in [0.29, 0.717) is 34.3 Å². The van der Waals surface area contributed by atoms with Gasteiger partial charge in [0.15, 0.2) is 17.3 Å². The molecule has 0 aliphatic rings. The van der Waals surface area contributed by atoms with Crippen molar-refractivity contribution in [2.24, 2.45) is 0 Å². The number of methoxy groups -OCH3 is 2.